The Bertz CT molecular complexity index is 259. The summed E-state index contributed by atoms with van der Waals surface area (Å²) in [7, 11) is 0. The summed E-state index contributed by atoms with van der Waals surface area (Å²) in [5.41, 5.74) is 0. The zero-order chi connectivity index (χ0) is 12.1. The van der Waals surface area contributed by atoms with Crippen molar-refractivity contribution in [2.75, 3.05) is 32.7 Å². The van der Waals surface area contributed by atoms with E-state index in [2.05, 4.69) is 22.5 Å². The van der Waals surface area contributed by atoms with E-state index in [9.17, 15) is 4.79 Å². The van der Waals surface area contributed by atoms with Crippen molar-refractivity contribution in [3.8, 4) is 0 Å². The van der Waals surface area contributed by atoms with Gasteiger partial charge in [-0.05, 0) is 32.7 Å². The van der Waals surface area contributed by atoms with Gasteiger partial charge in [0, 0.05) is 32.2 Å². The van der Waals surface area contributed by atoms with E-state index in [0.29, 0.717) is 0 Å². The second kappa shape index (κ2) is 7.97. The number of likely N-dealkylation sites (tertiary alicyclic amines) is 1. The van der Waals surface area contributed by atoms with Crippen molar-refractivity contribution in [3.05, 3.63) is 0 Å². The van der Waals surface area contributed by atoms with Crippen LogP contribution in [-0.2, 0) is 4.79 Å². The van der Waals surface area contributed by atoms with Crippen molar-refractivity contribution in [1.82, 2.24) is 15.5 Å². The second-order valence-electron chi connectivity index (χ2n) is 5.38. The molecule has 0 spiro atoms. The molecule has 2 aliphatic rings. The monoisotopic (exact) mass is 275 g/mol. The molecule has 106 valence electrons. The summed E-state index contributed by atoms with van der Waals surface area (Å²) in [6, 6.07) is 0.732. The molecular formula is C13H26ClN3O. The summed E-state index contributed by atoms with van der Waals surface area (Å²) in [5, 5.41) is 6.15. The highest BCUT2D eigenvalue weighted by Gasteiger charge is 2.24. The van der Waals surface area contributed by atoms with Gasteiger partial charge < -0.3 is 15.5 Å². The molecule has 0 bridgehead atoms. The Balaban J connectivity index is 0.00000162. The van der Waals surface area contributed by atoms with Gasteiger partial charge >= 0.3 is 0 Å². The van der Waals surface area contributed by atoms with Crippen molar-refractivity contribution in [1.29, 1.82) is 0 Å². The van der Waals surface area contributed by atoms with Crippen LogP contribution in [0.4, 0.5) is 0 Å². The molecule has 5 heteroatoms. The van der Waals surface area contributed by atoms with E-state index >= 15 is 0 Å². The van der Waals surface area contributed by atoms with Crippen LogP contribution in [0.15, 0.2) is 0 Å². The quantitative estimate of drug-likeness (QED) is 0.736. The first-order chi connectivity index (χ1) is 8.27. The van der Waals surface area contributed by atoms with E-state index in [1.165, 1.54) is 25.8 Å². The van der Waals surface area contributed by atoms with Crippen molar-refractivity contribution >= 4 is 18.3 Å². The van der Waals surface area contributed by atoms with Crippen molar-refractivity contribution in [2.45, 2.75) is 38.6 Å². The number of nitrogens with zero attached hydrogens (tertiary/aromatic N) is 1. The Morgan fingerprint density at radius 1 is 1.39 bits per heavy atom. The van der Waals surface area contributed by atoms with Crippen molar-refractivity contribution in [3.63, 3.8) is 0 Å². The summed E-state index contributed by atoms with van der Waals surface area (Å²) in [5.74, 6) is 0.458. The van der Waals surface area contributed by atoms with E-state index < -0.39 is 0 Å². The summed E-state index contributed by atoms with van der Waals surface area (Å²) >= 11 is 0. The Labute approximate surface area is 116 Å². The highest BCUT2D eigenvalue weighted by Crippen LogP contribution is 2.16. The average molecular weight is 276 g/mol. The molecule has 1 unspecified atom stereocenters. The van der Waals surface area contributed by atoms with Crippen LogP contribution >= 0.6 is 12.4 Å². The maximum Gasteiger partial charge on any atom is 0.225 e. The third kappa shape index (κ3) is 4.41. The number of hydrogen-bond donors (Lipinski definition) is 2. The number of carbonyl (C=O) groups is 1. The molecule has 18 heavy (non-hydrogen) atoms. The summed E-state index contributed by atoms with van der Waals surface area (Å²) < 4.78 is 0. The fraction of sp³-hybridized carbons (Fsp3) is 0.923. The van der Waals surface area contributed by atoms with Crippen LogP contribution in [0, 0.1) is 5.92 Å². The molecule has 0 saturated carbocycles. The van der Waals surface area contributed by atoms with Gasteiger partial charge in [-0.15, -0.1) is 12.4 Å². The van der Waals surface area contributed by atoms with Crippen LogP contribution in [0.25, 0.3) is 0 Å². The number of hydrogen-bond acceptors (Lipinski definition) is 3. The van der Waals surface area contributed by atoms with Gasteiger partial charge in [0.15, 0.2) is 0 Å². The van der Waals surface area contributed by atoms with Gasteiger partial charge in [0.2, 0.25) is 5.91 Å². The fourth-order valence-electron chi connectivity index (χ4n) is 2.60. The van der Waals surface area contributed by atoms with Crippen molar-refractivity contribution < 1.29 is 4.79 Å². The largest absolute Gasteiger partial charge is 0.356 e. The smallest absolute Gasteiger partial charge is 0.225 e. The highest BCUT2D eigenvalue weighted by molar-refractivity contribution is 5.85. The van der Waals surface area contributed by atoms with E-state index in [0.717, 1.165) is 38.6 Å². The molecular weight excluding hydrogens is 250 g/mol. The van der Waals surface area contributed by atoms with E-state index in [-0.39, 0.29) is 24.2 Å². The number of carbonyl (C=O) groups excluding carboxylic acids is 1. The Kier molecular flexibility index (Phi) is 6.97. The maximum absolute atomic E-state index is 11.6. The molecule has 2 aliphatic heterocycles. The summed E-state index contributed by atoms with van der Waals surface area (Å²) in [4.78, 5) is 14.1. The van der Waals surface area contributed by atoms with Crippen LogP contribution in [0.2, 0.25) is 0 Å². The molecule has 2 rings (SSSR count). The highest BCUT2D eigenvalue weighted by atomic mass is 35.5. The first-order valence-electron chi connectivity index (χ1n) is 7.00. The van der Waals surface area contributed by atoms with E-state index in [1.807, 2.05) is 0 Å². The zero-order valence-electron chi connectivity index (χ0n) is 11.3. The fourth-order valence-corrected chi connectivity index (χ4v) is 2.60. The third-order valence-electron chi connectivity index (χ3n) is 4.01. The predicted molar refractivity (Wildman–Crippen MR) is 76.1 cm³/mol. The summed E-state index contributed by atoms with van der Waals surface area (Å²) in [6.45, 7) is 7.23. The lowest BCUT2D eigenvalue weighted by molar-refractivity contribution is -0.126. The van der Waals surface area contributed by atoms with E-state index in [4.69, 9.17) is 0 Å². The van der Waals surface area contributed by atoms with Gasteiger partial charge in [-0.25, -0.2) is 0 Å². The lowest BCUT2D eigenvalue weighted by Gasteiger charge is -2.33. The topological polar surface area (TPSA) is 44.4 Å². The molecule has 0 aromatic carbocycles. The van der Waals surface area contributed by atoms with Gasteiger partial charge in [0.05, 0.1) is 5.92 Å². The minimum atomic E-state index is 0. The van der Waals surface area contributed by atoms with Gasteiger partial charge in [0.1, 0.15) is 0 Å². The normalized spacial score (nSPS) is 25.1. The third-order valence-corrected chi connectivity index (χ3v) is 4.01. The molecule has 0 aromatic heterocycles. The predicted octanol–water partition coefficient (Wildman–Crippen LogP) is 1.01. The minimum absolute atomic E-state index is 0. The molecule has 1 atom stereocenters. The molecule has 2 N–H and O–H groups in total. The Hall–Kier alpha value is -0.320. The standard InChI is InChI=1S/C13H25N3O.ClH/c1-11-5-2-3-7-16(11)8-4-6-15-13(17)12-9-14-10-12;/h11-12,14H,2-10H2,1H3,(H,15,17);1H. The summed E-state index contributed by atoms with van der Waals surface area (Å²) in [6.07, 6.45) is 5.13. The van der Waals surface area contributed by atoms with Gasteiger partial charge in [-0.2, -0.15) is 0 Å². The first-order valence-corrected chi connectivity index (χ1v) is 7.00. The molecule has 0 aliphatic carbocycles. The molecule has 2 fully saturated rings. The SMILES string of the molecule is CC1CCCCN1CCCNC(=O)C1CNC1.Cl. The van der Waals surface area contributed by atoms with Crippen LogP contribution in [-0.4, -0.2) is 49.6 Å². The number of nitrogens with one attached hydrogen (secondary N) is 2. The Morgan fingerprint density at radius 3 is 2.78 bits per heavy atom. The van der Waals surface area contributed by atoms with E-state index in [1.54, 1.807) is 0 Å². The van der Waals surface area contributed by atoms with Gasteiger partial charge in [-0.3, -0.25) is 4.79 Å². The van der Waals surface area contributed by atoms with Gasteiger partial charge in [0.25, 0.3) is 0 Å². The lowest BCUT2D eigenvalue weighted by Crippen LogP contribution is -2.51. The lowest BCUT2D eigenvalue weighted by atomic mass is 10.0. The molecule has 4 nitrogen and oxygen atoms in total. The minimum Gasteiger partial charge on any atom is -0.356 e. The number of amides is 1. The first kappa shape index (κ1) is 15.7. The molecule has 2 saturated heterocycles. The zero-order valence-corrected chi connectivity index (χ0v) is 12.1. The van der Waals surface area contributed by atoms with Crippen molar-refractivity contribution in [2.24, 2.45) is 5.92 Å². The Morgan fingerprint density at radius 2 is 2.17 bits per heavy atom. The van der Waals surface area contributed by atoms with Crippen LogP contribution in [0.1, 0.15) is 32.6 Å². The molecule has 0 aromatic rings. The maximum atomic E-state index is 11.6. The van der Waals surface area contributed by atoms with Crippen LogP contribution in [0.3, 0.4) is 0 Å². The van der Waals surface area contributed by atoms with Crippen LogP contribution in [0.5, 0.6) is 0 Å². The number of rotatable bonds is 5. The van der Waals surface area contributed by atoms with Gasteiger partial charge in [-0.1, -0.05) is 6.42 Å². The average Bonchev–Trinajstić information content (AvgIpc) is 2.24. The molecule has 0 radical (unpaired) electrons. The second-order valence-corrected chi connectivity index (χ2v) is 5.38. The number of halogens is 1. The van der Waals surface area contributed by atoms with Crippen LogP contribution < -0.4 is 10.6 Å². The number of piperidine rings is 1. The molecule has 2 heterocycles. The molecule has 1 amide bonds.